The fraction of sp³-hybridized carbons (Fsp3) is 0.400. The van der Waals surface area contributed by atoms with Crippen LogP contribution in [0.1, 0.15) is 35.4 Å². The third-order valence-corrected chi connectivity index (χ3v) is 5.84. The molecule has 5 nitrogen and oxygen atoms in total. The maximum Gasteiger partial charge on any atom is 0.276 e. The summed E-state index contributed by atoms with van der Waals surface area (Å²) in [5, 5.41) is 3.09. The van der Waals surface area contributed by atoms with Crippen molar-refractivity contribution in [2.45, 2.75) is 51.2 Å². The molecular formula is C20H21FN4O. The van der Waals surface area contributed by atoms with E-state index in [2.05, 4.69) is 10.00 Å². The molecule has 0 radical (unpaired) electrons. The van der Waals surface area contributed by atoms with Gasteiger partial charge in [0.1, 0.15) is 5.82 Å². The summed E-state index contributed by atoms with van der Waals surface area (Å²) in [7, 11) is 0. The van der Waals surface area contributed by atoms with E-state index in [-0.39, 0.29) is 11.4 Å². The number of rotatable bonds is 2. The summed E-state index contributed by atoms with van der Waals surface area (Å²) in [6, 6.07) is 9.39. The summed E-state index contributed by atoms with van der Waals surface area (Å²) >= 11 is 0. The monoisotopic (exact) mass is 352 g/mol. The Morgan fingerprint density at radius 3 is 2.69 bits per heavy atom. The number of benzene rings is 1. The second-order valence-electron chi connectivity index (χ2n) is 7.57. The largest absolute Gasteiger partial charge is 0.294 e. The van der Waals surface area contributed by atoms with E-state index < -0.39 is 0 Å². The zero-order chi connectivity index (χ0) is 17.8. The standard InChI is InChI=1S/C20H21FN4O/c1-12-8-19-22-18-10-16-7-6-15(9-17(18)20(26)25(19)23-12)24(16)11-13-2-4-14(21)5-3-13/h2-5,8,15-16,23H,6-7,9-11H2,1H3/t15-,16-/m1/s1. The van der Waals surface area contributed by atoms with Crippen molar-refractivity contribution in [2.75, 3.05) is 0 Å². The first-order chi connectivity index (χ1) is 12.6. The molecule has 6 heteroatoms. The maximum absolute atomic E-state index is 13.2. The lowest BCUT2D eigenvalue weighted by molar-refractivity contribution is 0.187. The Morgan fingerprint density at radius 2 is 1.92 bits per heavy atom. The average molecular weight is 352 g/mol. The molecule has 2 aliphatic heterocycles. The molecule has 1 saturated heterocycles. The zero-order valence-electron chi connectivity index (χ0n) is 14.7. The van der Waals surface area contributed by atoms with Crippen molar-refractivity contribution in [3.8, 4) is 0 Å². The number of nitrogens with one attached hydrogen (secondary N) is 1. The predicted octanol–water partition coefficient (Wildman–Crippen LogP) is 2.60. The molecule has 0 aliphatic carbocycles. The van der Waals surface area contributed by atoms with Gasteiger partial charge in [0, 0.05) is 42.4 Å². The van der Waals surface area contributed by atoms with Crippen molar-refractivity contribution in [3.05, 3.63) is 69.0 Å². The van der Waals surface area contributed by atoms with E-state index in [1.165, 1.54) is 12.1 Å². The molecule has 0 saturated carbocycles. The van der Waals surface area contributed by atoms with Gasteiger partial charge in [-0.25, -0.2) is 13.9 Å². The van der Waals surface area contributed by atoms with Crippen LogP contribution in [0.15, 0.2) is 35.1 Å². The van der Waals surface area contributed by atoms with E-state index in [0.717, 1.165) is 54.7 Å². The highest BCUT2D eigenvalue weighted by Gasteiger charge is 2.38. The normalized spacial score (nSPS) is 22.5. The topological polar surface area (TPSA) is 53.4 Å². The summed E-state index contributed by atoms with van der Waals surface area (Å²) in [4.78, 5) is 20.2. The zero-order valence-corrected chi connectivity index (χ0v) is 14.7. The summed E-state index contributed by atoms with van der Waals surface area (Å²) in [5.41, 5.74) is 4.59. The van der Waals surface area contributed by atoms with Gasteiger partial charge in [-0.1, -0.05) is 12.1 Å². The second-order valence-corrected chi connectivity index (χ2v) is 7.57. The number of aromatic nitrogens is 3. The molecular weight excluding hydrogens is 331 g/mol. The fourth-order valence-corrected chi connectivity index (χ4v) is 4.57. The Hall–Kier alpha value is -2.47. The summed E-state index contributed by atoms with van der Waals surface area (Å²) in [6.07, 6.45) is 3.76. The molecule has 3 aromatic rings. The smallest absolute Gasteiger partial charge is 0.276 e. The number of aryl methyl sites for hydroxylation is 1. The van der Waals surface area contributed by atoms with Crippen molar-refractivity contribution in [1.82, 2.24) is 19.5 Å². The SMILES string of the molecule is Cc1cc2nc3c(c(=O)n2[nH]1)C[C@H]1CC[C@H](C3)N1Cc1ccc(F)cc1. The van der Waals surface area contributed by atoms with Gasteiger partial charge in [-0.3, -0.25) is 14.8 Å². The molecule has 1 fully saturated rings. The van der Waals surface area contributed by atoms with E-state index in [1.54, 1.807) is 4.52 Å². The van der Waals surface area contributed by atoms with Crippen LogP contribution in [-0.4, -0.2) is 31.6 Å². The van der Waals surface area contributed by atoms with E-state index in [4.69, 9.17) is 4.98 Å². The van der Waals surface area contributed by atoms with Crippen LogP contribution in [0.5, 0.6) is 0 Å². The van der Waals surface area contributed by atoms with Gasteiger partial charge in [0.15, 0.2) is 5.65 Å². The molecule has 0 amide bonds. The van der Waals surface area contributed by atoms with Gasteiger partial charge in [-0.2, -0.15) is 0 Å². The molecule has 5 rings (SSSR count). The minimum absolute atomic E-state index is 0.0346. The van der Waals surface area contributed by atoms with Crippen LogP contribution in [0.3, 0.4) is 0 Å². The van der Waals surface area contributed by atoms with Gasteiger partial charge >= 0.3 is 0 Å². The van der Waals surface area contributed by atoms with Crippen molar-refractivity contribution in [2.24, 2.45) is 0 Å². The van der Waals surface area contributed by atoms with Crippen LogP contribution in [-0.2, 0) is 19.4 Å². The van der Waals surface area contributed by atoms with Crippen LogP contribution in [0.25, 0.3) is 5.65 Å². The lowest BCUT2D eigenvalue weighted by Crippen LogP contribution is -2.36. The summed E-state index contributed by atoms with van der Waals surface area (Å²) in [6.45, 7) is 2.73. The Kier molecular flexibility index (Phi) is 3.50. The van der Waals surface area contributed by atoms with Crippen LogP contribution in [0.2, 0.25) is 0 Å². The molecule has 2 aliphatic rings. The molecule has 1 aromatic carbocycles. The Labute approximate surface area is 150 Å². The summed E-state index contributed by atoms with van der Waals surface area (Å²) < 4.78 is 14.8. The minimum Gasteiger partial charge on any atom is -0.294 e. The highest BCUT2D eigenvalue weighted by Crippen LogP contribution is 2.34. The van der Waals surface area contributed by atoms with Crippen molar-refractivity contribution in [3.63, 3.8) is 0 Å². The molecule has 2 bridgehead atoms. The Bertz CT molecular complexity index is 1040. The van der Waals surface area contributed by atoms with E-state index in [0.29, 0.717) is 17.7 Å². The molecule has 4 heterocycles. The minimum atomic E-state index is -0.206. The number of aromatic amines is 1. The third-order valence-electron chi connectivity index (χ3n) is 5.84. The molecule has 1 N–H and O–H groups in total. The van der Waals surface area contributed by atoms with Crippen LogP contribution < -0.4 is 5.56 Å². The number of H-pyrrole nitrogens is 1. The first-order valence-electron chi connectivity index (χ1n) is 9.19. The number of halogens is 1. The molecule has 134 valence electrons. The van der Waals surface area contributed by atoms with Gasteiger partial charge in [0.25, 0.3) is 5.56 Å². The number of fused-ring (bicyclic) bond motifs is 4. The average Bonchev–Trinajstić information content (AvgIpc) is 3.11. The van der Waals surface area contributed by atoms with Crippen molar-refractivity contribution >= 4 is 5.65 Å². The van der Waals surface area contributed by atoms with E-state index in [1.807, 2.05) is 25.1 Å². The Balaban J connectivity index is 1.51. The highest BCUT2D eigenvalue weighted by molar-refractivity contribution is 5.42. The number of hydrogen-bond acceptors (Lipinski definition) is 3. The van der Waals surface area contributed by atoms with Gasteiger partial charge in [0.2, 0.25) is 0 Å². The first kappa shape index (κ1) is 15.8. The lowest BCUT2D eigenvalue weighted by Gasteiger charge is -2.27. The molecule has 2 aromatic heterocycles. The van der Waals surface area contributed by atoms with Crippen LogP contribution in [0.4, 0.5) is 4.39 Å². The number of hydrogen-bond donors (Lipinski definition) is 1. The van der Waals surface area contributed by atoms with Crippen LogP contribution >= 0.6 is 0 Å². The van der Waals surface area contributed by atoms with E-state index >= 15 is 0 Å². The van der Waals surface area contributed by atoms with Crippen LogP contribution in [0, 0.1) is 12.7 Å². The molecule has 2 atom stereocenters. The quantitative estimate of drug-likeness (QED) is 0.771. The first-order valence-corrected chi connectivity index (χ1v) is 9.19. The van der Waals surface area contributed by atoms with E-state index in [9.17, 15) is 9.18 Å². The van der Waals surface area contributed by atoms with Crippen molar-refractivity contribution < 1.29 is 4.39 Å². The molecule has 0 spiro atoms. The maximum atomic E-state index is 13.2. The Morgan fingerprint density at radius 1 is 1.19 bits per heavy atom. The van der Waals surface area contributed by atoms with Gasteiger partial charge < -0.3 is 0 Å². The third kappa shape index (κ3) is 2.48. The molecule has 26 heavy (non-hydrogen) atoms. The van der Waals surface area contributed by atoms with Gasteiger partial charge in [-0.05, 0) is 43.9 Å². The number of nitrogens with zero attached hydrogens (tertiary/aromatic N) is 3. The van der Waals surface area contributed by atoms with Crippen molar-refractivity contribution in [1.29, 1.82) is 0 Å². The molecule has 0 unspecified atom stereocenters. The van der Waals surface area contributed by atoms with Gasteiger partial charge in [-0.15, -0.1) is 0 Å². The lowest BCUT2D eigenvalue weighted by atomic mass is 9.98. The second kappa shape index (κ2) is 5.77. The fourth-order valence-electron chi connectivity index (χ4n) is 4.57. The predicted molar refractivity (Wildman–Crippen MR) is 96.7 cm³/mol. The van der Waals surface area contributed by atoms with Gasteiger partial charge in [0.05, 0.1) is 5.69 Å². The highest BCUT2D eigenvalue weighted by atomic mass is 19.1. The summed E-state index contributed by atoms with van der Waals surface area (Å²) in [5.74, 6) is -0.206.